The van der Waals surface area contributed by atoms with E-state index in [1.54, 1.807) is 0 Å². The van der Waals surface area contributed by atoms with Gasteiger partial charge in [-0.25, -0.2) is 0 Å². The zero-order valence-electron chi connectivity index (χ0n) is 14.6. The van der Waals surface area contributed by atoms with Crippen molar-refractivity contribution in [2.45, 2.75) is 4.90 Å². The van der Waals surface area contributed by atoms with Crippen LogP contribution in [0.15, 0.2) is 86.0 Å². The third kappa shape index (κ3) is 5.12. The average molecular weight is 414 g/mol. The Kier molecular flexibility index (Phi) is 5.52. The van der Waals surface area contributed by atoms with Crippen LogP contribution in [0.25, 0.3) is 0 Å². The van der Waals surface area contributed by atoms with Crippen LogP contribution in [0.4, 0.5) is 22.7 Å². The number of phenolic OH excluding ortho intramolecular Hbond substituents is 3. The van der Waals surface area contributed by atoms with Gasteiger partial charge in [0, 0.05) is 6.07 Å². The lowest BCUT2D eigenvalue weighted by Gasteiger charge is -2.01. The molecule has 3 aromatic carbocycles. The highest BCUT2D eigenvalue weighted by Gasteiger charge is 2.09. The molecule has 4 N–H and O–H groups in total. The number of hydrogen-bond donors (Lipinski definition) is 4. The molecule has 11 heteroatoms. The molecular weight excluding hydrogens is 400 g/mol. The second-order valence-corrected chi connectivity index (χ2v) is 7.14. The molecule has 0 bridgehead atoms. The van der Waals surface area contributed by atoms with Gasteiger partial charge in [0.25, 0.3) is 10.1 Å². The van der Waals surface area contributed by atoms with Crippen molar-refractivity contribution < 1.29 is 28.3 Å². The Hall–Kier alpha value is -3.83. The molecule has 0 aliphatic rings. The SMILES string of the molecule is O=S(=O)(O)c1cccc(N=Nc2ccc(O)c(N=Nc3ccc(O)cc3O)c2)c1. The number of phenols is 3. The summed E-state index contributed by atoms with van der Waals surface area (Å²) >= 11 is 0. The first kappa shape index (κ1) is 19.9. The van der Waals surface area contributed by atoms with Crippen LogP contribution < -0.4 is 0 Å². The molecule has 0 radical (unpaired) electrons. The first-order valence-electron chi connectivity index (χ1n) is 7.98. The van der Waals surface area contributed by atoms with Gasteiger partial charge < -0.3 is 15.3 Å². The monoisotopic (exact) mass is 414 g/mol. The minimum absolute atomic E-state index is 0.0422. The molecule has 0 unspecified atom stereocenters. The highest BCUT2D eigenvalue weighted by Crippen LogP contribution is 2.35. The van der Waals surface area contributed by atoms with Crippen LogP contribution in [-0.2, 0) is 10.1 Å². The largest absolute Gasteiger partial charge is 0.508 e. The maximum Gasteiger partial charge on any atom is 0.294 e. The van der Waals surface area contributed by atoms with E-state index in [4.69, 9.17) is 4.55 Å². The number of nitrogens with zero attached hydrogens (tertiary/aromatic N) is 4. The third-order valence-corrected chi connectivity index (χ3v) is 4.43. The summed E-state index contributed by atoms with van der Waals surface area (Å²) in [6, 6.07) is 13.1. The molecule has 3 aromatic rings. The molecule has 0 saturated heterocycles. The summed E-state index contributed by atoms with van der Waals surface area (Å²) in [5.74, 6) is -0.619. The average Bonchev–Trinajstić information content (AvgIpc) is 2.67. The van der Waals surface area contributed by atoms with Gasteiger partial charge >= 0.3 is 0 Å². The topological polar surface area (TPSA) is 164 Å². The maximum absolute atomic E-state index is 11.2. The van der Waals surface area contributed by atoms with Crippen LogP contribution >= 0.6 is 0 Å². The van der Waals surface area contributed by atoms with Crippen molar-refractivity contribution in [3.05, 3.63) is 60.7 Å². The van der Waals surface area contributed by atoms with Crippen molar-refractivity contribution in [1.82, 2.24) is 0 Å². The van der Waals surface area contributed by atoms with E-state index < -0.39 is 10.1 Å². The van der Waals surface area contributed by atoms with E-state index in [0.29, 0.717) is 0 Å². The van der Waals surface area contributed by atoms with Crippen LogP contribution in [0, 0.1) is 0 Å². The molecule has 0 heterocycles. The van der Waals surface area contributed by atoms with Gasteiger partial charge in [0.1, 0.15) is 28.6 Å². The summed E-state index contributed by atoms with van der Waals surface area (Å²) in [4.78, 5) is -0.317. The van der Waals surface area contributed by atoms with E-state index in [1.807, 2.05) is 0 Å². The molecule has 0 aliphatic carbocycles. The second-order valence-electron chi connectivity index (χ2n) is 5.72. The van der Waals surface area contributed by atoms with E-state index >= 15 is 0 Å². The fourth-order valence-corrected chi connectivity index (χ4v) is 2.70. The van der Waals surface area contributed by atoms with Gasteiger partial charge in [-0.1, -0.05) is 6.07 Å². The van der Waals surface area contributed by atoms with Gasteiger partial charge in [-0.2, -0.15) is 18.6 Å². The Bertz CT molecular complexity index is 1220. The fraction of sp³-hybridized carbons (Fsp3) is 0. The summed E-state index contributed by atoms with van der Waals surface area (Å²) in [6.45, 7) is 0. The predicted molar refractivity (Wildman–Crippen MR) is 102 cm³/mol. The Balaban J connectivity index is 1.86. The third-order valence-electron chi connectivity index (χ3n) is 3.58. The van der Waals surface area contributed by atoms with Crippen molar-refractivity contribution in [1.29, 1.82) is 0 Å². The Morgan fingerprint density at radius 3 is 2.03 bits per heavy atom. The van der Waals surface area contributed by atoms with Crippen LogP contribution in [0.5, 0.6) is 17.2 Å². The minimum atomic E-state index is -4.36. The van der Waals surface area contributed by atoms with E-state index in [-0.39, 0.29) is 44.9 Å². The first-order valence-corrected chi connectivity index (χ1v) is 9.42. The summed E-state index contributed by atoms with van der Waals surface area (Å²) in [7, 11) is -4.36. The molecular formula is C18H14N4O6S. The summed E-state index contributed by atoms with van der Waals surface area (Å²) in [6.07, 6.45) is 0. The van der Waals surface area contributed by atoms with Crippen molar-refractivity contribution in [3.8, 4) is 17.2 Å². The molecule has 10 nitrogen and oxygen atoms in total. The molecule has 0 atom stereocenters. The van der Waals surface area contributed by atoms with E-state index in [1.165, 1.54) is 48.5 Å². The highest BCUT2D eigenvalue weighted by atomic mass is 32.2. The van der Waals surface area contributed by atoms with Crippen molar-refractivity contribution in [3.63, 3.8) is 0 Å². The van der Waals surface area contributed by atoms with Crippen LogP contribution in [-0.4, -0.2) is 28.3 Å². The molecule has 3 rings (SSSR count). The van der Waals surface area contributed by atoms with Crippen LogP contribution in [0.2, 0.25) is 0 Å². The molecule has 0 spiro atoms. The lowest BCUT2D eigenvalue weighted by atomic mass is 10.2. The Morgan fingerprint density at radius 2 is 1.34 bits per heavy atom. The van der Waals surface area contributed by atoms with E-state index in [2.05, 4.69) is 20.5 Å². The lowest BCUT2D eigenvalue weighted by Crippen LogP contribution is -1.96. The molecule has 0 aliphatic heterocycles. The minimum Gasteiger partial charge on any atom is -0.508 e. The molecule has 0 fully saturated rings. The Labute approximate surface area is 164 Å². The summed E-state index contributed by atoms with van der Waals surface area (Å²) in [5.41, 5.74) is 0.589. The van der Waals surface area contributed by atoms with Gasteiger partial charge in [-0.05, 0) is 48.5 Å². The molecule has 148 valence electrons. The highest BCUT2D eigenvalue weighted by molar-refractivity contribution is 7.85. The summed E-state index contributed by atoms with van der Waals surface area (Å²) in [5, 5.41) is 44.4. The summed E-state index contributed by atoms with van der Waals surface area (Å²) < 4.78 is 31.4. The van der Waals surface area contributed by atoms with Crippen molar-refractivity contribution in [2.24, 2.45) is 20.5 Å². The fourth-order valence-electron chi connectivity index (χ4n) is 2.18. The zero-order chi connectivity index (χ0) is 21.0. The first-order chi connectivity index (χ1) is 13.7. The van der Waals surface area contributed by atoms with Crippen LogP contribution in [0.1, 0.15) is 0 Å². The van der Waals surface area contributed by atoms with Gasteiger partial charge in [0.2, 0.25) is 0 Å². The second kappa shape index (κ2) is 8.04. The number of rotatable bonds is 5. The predicted octanol–water partition coefficient (Wildman–Crippen LogP) is 4.88. The standard InChI is InChI=1S/C18H14N4O6S/c23-13-5-6-15(18(25)10-13)21-22-16-9-12(4-7-17(16)24)20-19-11-2-1-3-14(8-11)29(26,27)28/h1-10,23-25H,(H,26,27,28). The van der Waals surface area contributed by atoms with Gasteiger partial charge in [0.05, 0.1) is 16.3 Å². The van der Waals surface area contributed by atoms with E-state index in [0.717, 1.165) is 12.1 Å². The van der Waals surface area contributed by atoms with Crippen molar-refractivity contribution >= 4 is 32.9 Å². The van der Waals surface area contributed by atoms with Gasteiger partial charge in [0.15, 0.2) is 0 Å². The lowest BCUT2D eigenvalue weighted by molar-refractivity contribution is 0.451. The maximum atomic E-state index is 11.2. The molecule has 0 saturated carbocycles. The van der Waals surface area contributed by atoms with Crippen LogP contribution in [0.3, 0.4) is 0 Å². The number of benzene rings is 3. The molecule has 0 amide bonds. The Morgan fingerprint density at radius 1 is 0.655 bits per heavy atom. The number of aromatic hydroxyl groups is 3. The van der Waals surface area contributed by atoms with Gasteiger partial charge in [-0.15, -0.1) is 10.2 Å². The van der Waals surface area contributed by atoms with Gasteiger partial charge in [-0.3, -0.25) is 4.55 Å². The number of azo groups is 2. The molecule has 0 aromatic heterocycles. The molecule has 29 heavy (non-hydrogen) atoms. The van der Waals surface area contributed by atoms with Crippen molar-refractivity contribution in [2.75, 3.05) is 0 Å². The smallest absolute Gasteiger partial charge is 0.294 e. The normalized spacial score (nSPS) is 12.0. The zero-order valence-corrected chi connectivity index (χ0v) is 15.4. The van der Waals surface area contributed by atoms with E-state index in [9.17, 15) is 23.7 Å². The number of hydrogen-bond acceptors (Lipinski definition) is 9. The quantitative estimate of drug-likeness (QED) is 0.343.